The smallest absolute Gasteiger partial charge is 0.261 e. The van der Waals surface area contributed by atoms with Crippen molar-refractivity contribution in [1.82, 2.24) is 4.98 Å². The zero-order valence-corrected chi connectivity index (χ0v) is 16.9. The lowest BCUT2D eigenvalue weighted by Gasteiger charge is -2.43. The molecule has 2 aromatic carbocycles. The minimum absolute atomic E-state index is 0.283. The molecule has 1 fully saturated rings. The van der Waals surface area contributed by atoms with Crippen LogP contribution in [0, 0.1) is 18.6 Å². The van der Waals surface area contributed by atoms with Crippen molar-refractivity contribution in [3.63, 3.8) is 0 Å². The predicted octanol–water partition coefficient (Wildman–Crippen LogP) is 5.67. The van der Waals surface area contributed by atoms with Gasteiger partial charge in [0, 0.05) is 11.1 Å². The molecule has 6 heteroatoms. The lowest BCUT2D eigenvalue weighted by Crippen LogP contribution is -2.43. The van der Waals surface area contributed by atoms with E-state index in [4.69, 9.17) is 4.74 Å². The van der Waals surface area contributed by atoms with Crippen molar-refractivity contribution in [2.24, 2.45) is 0 Å². The molecule has 0 atom stereocenters. The number of carbonyl (C=O) groups excluding carboxylic acids is 1. The third-order valence-corrected chi connectivity index (χ3v) is 5.83. The quantitative estimate of drug-likeness (QED) is 0.597. The predicted molar refractivity (Wildman–Crippen MR) is 114 cm³/mol. The maximum atomic E-state index is 13.9. The van der Waals surface area contributed by atoms with Crippen molar-refractivity contribution in [2.75, 3.05) is 5.32 Å². The summed E-state index contributed by atoms with van der Waals surface area (Å²) < 4.78 is 34.0. The number of fused-ring (bicyclic) bond motifs is 1. The zero-order valence-electron chi connectivity index (χ0n) is 16.9. The van der Waals surface area contributed by atoms with E-state index in [-0.39, 0.29) is 5.60 Å². The molecule has 31 heavy (non-hydrogen) atoms. The van der Waals surface area contributed by atoms with Crippen LogP contribution in [0.15, 0.2) is 60.8 Å². The highest BCUT2D eigenvalue weighted by molar-refractivity contribution is 6.04. The Morgan fingerprint density at radius 1 is 1.10 bits per heavy atom. The van der Waals surface area contributed by atoms with Gasteiger partial charge in [-0.05, 0) is 68.7 Å². The summed E-state index contributed by atoms with van der Waals surface area (Å²) in [5.41, 5.74) is 3.29. The third-order valence-electron chi connectivity index (χ3n) is 5.83. The number of ether oxygens (including phenoxy) is 1. The van der Waals surface area contributed by atoms with Gasteiger partial charge in [0.1, 0.15) is 28.5 Å². The number of halogens is 2. The number of carbonyl (C=O) groups is 1. The molecule has 156 valence electrons. The first kappa shape index (κ1) is 19.4. The van der Waals surface area contributed by atoms with E-state index in [0.717, 1.165) is 59.5 Å². The second kappa shape index (κ2) is 7.30. The van der Waals surface area contributed by atoms with Gasteiger partial charge in [-0.25, -0.2) is 8.78 Å². The van der Waals surface area contributed by atoms with Crippen LogP contribution in [0.5, 0.6) is 5.75 Å². The number of hydrogen-bond donors (Lipinski definition) is 1. The molecule has 1 N–H and O–H groups in total. The van der Waals surface area contributed by atoms with Crippen LogP contribution < -0.4 is 10.1 Å². The fourth-order valence-corrected chi connectivity index (χ4v) is 4.05. The molecule has 3 aromatic rings. The molecular formula is C25H20F2N2O2. The van der Waals surface area contributed by atoms with Crippen molar-refractivity contribution in [1.29, 1.82) is 0 Å². The Labute approximate surface area is 178 Å². The Hall–Kier alpha value is -3.54. The summed E-state index contributed by atoms with van der Waals surface area (Å²) in [5.74, 6) is -1.83. The van der Waals surface area contributed by atoms with Gasteiger partial charge in [0.2, 0.25) is 0 Å². The molecule has 1 aliphatic carbocycles. The average molecular weight is 418 g/mol. The maximum Gasteiger partial charge on any atom is 0.261 e. The van der Waals surface area contributed by atoms with Gasteiger partial charge in [0.25, 0.3) is 5.91 Å². The average Bonchev–Trinajstić information content (AvgIpc) is 2.72. The highest BCUT2D eigenvalue weighted by Crippen LogP contribution is 2.47. The van der Waals surface area contributed by atoms with E-state index >= 15 is 0 Å². The van der Waals surface area contributed by atoms with Crippen molar-refractivity contribution < 1.29 is 18.3 Å². The van der Waals surface area contributed by atoms with Crippen LogP contribution in [0.2, 0.25) is 0 Å². The first-order valence-corrected chi connectivity index (χ1v) is 10.2. The van der Waals surface area contributed by atoms with E-state index < -0.39 is 23.1 Å². The SMILES string of the molecule is Cc1ccc2c(c1)C(c1ccc(NC(=O)c3c(F)cccc3F)cn1)=CC1(CCC1)O2. The third kappa shape index (κ3) is 3.48. The van der Waals surface area contributed by atoms with Gasteiger partial charge in [-0.1, -0.05) is 17.7 Å². The van der Waals surface area contributed by atoms with Crippen molar-refractivity contribution in [3.8, 4) is 5.75 Å². The lowest BCUT2D eigenvalue weighted by molar-refractivity contribution is 0.0376. The van der Waals surface area contributed by atoms with Gasteiger partial charge >= 0.3 is 0 Å². The number of pyridine rings is 1. The molecule has 2 aliphatic rings. The Kier molecular flexibility index (Phi) is 4.58. The normalized spacial score (nSPS) is 16.0. The summed E-state index contributed by atoms with van der Waals surface area (Å²) in [6.45, 7) is 2.03. The van der Waals surface area contributed by atoms with Gasteiger partial charge in [-0.3, -0.25) is 9.78 Å². The van der Waals surface area contributed by atoms with Crippen molar-refractivity contribution in [2.45, 2.75) is 31.8 Å². The van der Waals surface area contributed by atoms with Crippen LogP contribution >= 0.6 is 0 Å². The second-order valence-electron chi connectivity index (χ2n) is 8.06. The molecule has 5 rings (SSSR count). The van der Waals surface area contributed by atoms with Crippen molar-refractivity contribution >= 4 is 17.2 Å². The van der Waals surface area contributed by atoms with Gasteiger partial charge in [0.05, 0.1) is 17.6 Å². The number of amides is 1. The number of anilines is 1. The molecule has 2 heterocycles. The number of hydrogen-bond acceptors (Lipinski definition) is 3. The second-order valence-corrected chi connectivity index (χ2v) is 8.06. The molecule has 1 spiro atoms. The topological polar surface area (TPSA) is 51.2 Å². The Balaban J connectivity index is 1.45. The number of aryl methyl sites for hydroxylation is 1. The summed E-state index contributed by atoms with van der Waals surface area (Å²) in [4.78, 5) is 16.8. The van der Waals surface area contributed by atoms with E-state index in [1.807, 2.05) is 19.1 Å². The van der Waals surface area contributed by atoms with Crippen LogP contribution in [0.1, 0.15) is 46.4 Å². The lowest BCUT2D eigenvalue weighted by atomic mass is 9.76. The standard InChI is InChI=1S/C25H20F2N2O2/c1-15-6-9-22-17(12-15)18(13-25(31-22)10-3-11-25)21-8-7-16(14-28-21)29-24(30)23-19(26)4-2-5-20(23)27/h2,4-9,12-14H,3,10-11H2,1H3,(H,29,30). The zero-order chi connectivity index (χ0) is 21.6. The number of rotatable bonds is 3. The van der Waals surface area contributed by atoms with E-state index in [0.29, 0.717) is 5.69 Å². The minimum atomic E-state index is -0.910. The van der Waals surface area contributed by atoms with E-state index in [1.54, 1.807) is 12.1 Å². The number of benzene rings is 2. The number of nitrogens with one attached hydrogen (secondary N) is 1. The van der Waals surface area contributed by atoms with Gasteiger partial charge < -0.3 is 10.1 Å². The largest absolute Gasteiger partial charge is 0.483 e. The monoisotopic (exact) mass is 418 g/mol. The number of aromatic nitrogens is 1. The minimum Gasteiger partial charge on any atom is -0.483 e. The molecule has 1 amide bonds. The molecular weight excluding hydrogens is 398 g/mol. The van der Waals surface area contributed by atoms with E-state index in [9.17, 15) is 13.6 Å². The fraction of sp³-hybridized carbons (Fsp3) is 0.200. The van der Waals surface area contributed by atoms with Gasteiger partial charge in [0.15, 0.2) is 0 Å². The van der Waals surface area contributed by atoms with E-state index in [2.05, 4.69) is 22.4 Å². The first-order valence-electron chi connectivity index (χ1n) is 10.2. The van der Waals surface area contributed by atoms with Crippen LogP contribution in [-0.2, 0) is 0 Å². The summed E-state index contributed by atoms with van der Waals surface area (Å²) >= 11 is 0. The van der Waals surface area contributed by atoms with Gasteiger partial charge in [-0.15, -0.1) is 0 Å². The molecule has 0 bridgehead atoms. The molecule has 0 unspecified atom stereocenters. The summed E-state index contributed by atoms with van der Waals surface area (Å²) in [6, 6.07) is 12.9. The molecule has 4 nitrogen and oxygen atoms in total. The summed E-state index contributed by atoms with van der Waals surface area (Å²) in [6.07, 6.45) is 6.69. The molecule has 1 aliphatic heterocycles. The fourth-order valence-electron chi connectivity index (χ4n) is 4.05. The van der Waals surface area contributed by atoms with Crippen LogP contribution in [0.25, 0.3) is 5.57 Å². The highest BCUT2D eigenvalue weighted by Gasteiger charge is 2.41. The van der Waals surface area contributed by atoms with Crippen molar-refractivity contribution in [3.05, 3.63) is 94.8 Å². The van der Waals surface area contributed by atoms with Crippen LogP contribution in [0.4, 0.5) is 14.5 Å². The molecule has 0 radical (unpaired) electrons. The number of nitrogens with zero attached hydrogens (tertiary/aromatic N) is 1. The van der Waals surface area contributed by atoms with Crippen LogP contribution in [-0.4, -0.2) is 16.5 Å². The van der Waals surface area contributed by atoms with E-state index in [1.165, 1.54) is 12.3 Å². The summed E-state index contributed by atoms with van der Waals surface area (Å²) in [7, 11) is 0. The molecule has 1 saturated carbocycles. The first-order chi connectivity index (χ1) is 14.9. The Morgan fingerprint density at radius 3 is 2.52 bits per heavy atom. The molecule has 1 aromatic heterocycles. The van der Waals surface area contributed by atoms with Gasteiger partial charge in [-0.2, -0.15) is 0 Å². The van der Waals surface area contributed by atoms with Crippen LogP contribution in [0.3, 0.4) is 0 Å². The highest BCUT2D eigenvalue weighted by atomic mass is 19.1. The Bertz CT molecular complexity index is 1190. The maximum absolute atomic E-state index is 13.9. The molecule has 0 saturated heterocycles. The Morgan fingerprint density at radius 2 is 1.87 bits per heavy atom. The summed E-state index contributed by atoms with van der Waals surface area (Å²) in [5, 5.41) is 2.51.